The zero-order valence-corrected chi connectivity index (χ0v) is 10.3. The van der Waals surface area contributed by atoms with Crippen LogP contribution < -0.4 is 0 Å². The normalized spacial score (nSPS) is 164. The number of fused-ring (bicyclic) bond motifs is 10. The van der Waals surface area contributed by atoms with E-state index in [1.54, 1.807) is 31.3 Å². The van der Waals surface area contributed by atoms with Crippen LogP contribution in [0.15, 0.2) is 0 Å². The fourth-order valence-electron chi connectivity index (χ4n) is 16.3. The van der Waals surface area contributed by atoms with Crippen LogP contribution in [0.4, 0.5) is 0 Å². The summed E-state index contributed by atoms with van der Waals surface area (Å²) in [5.74, 6) is 0. The Morgan fingerprint density at radius 3 is 1.17 bits per heavy atom. The summed E-state index contributed by atoms with van der Waals surface area (Å²) in [4.78, 5) is 0. The van der Waals surface area contributed by atoms with Gasteiger partial charge < -0.3 is 0 Å². The van der Waals surface area contributed by atoms with Gasteiger partial charge in [-0.3, -0.25) is 0 Å². The summed E-state index contributed by atoms with van der Waals surface area (Å²) < 4.78 is 15.2. The van der Waals surface area contributed by atoms with Crippen molar-refractivity contribution in [3.63, 3.8) is 0 Å². The van der Waals surface area contributed by atoms with Crippen LogP contribution in [-0.2, 0) is 7.88 Å². The monoisotopic (exact) mass is 354 g/mol. The van der Waals surface area contributed by atoms with Crippen molar-refractivity contribution in [3.8, 4) is 0 Å². The Morgan fingerprint density at radius 1 is 0.750 bits per heavy atom. The Kier molecular flexibility index (Phi) is 0.0770. The van der Waals surface area contributed by atoms with E-state index in [0.717, 1.165) is 3.71 Å². The Bertz CT molecular complexity index is 755. The topological polar surface area (TPSA) is 0 Å². The Balaban J connectivity index is 2.31. The minimum atomic E-state index is -2.89. The van der Waals surface area contributed by atoms with Crippen LogP contribution in [0.5, 0.6) is 0 Å². The summed E-state index contributed by atoms with van der Waals surface area (Å²) in [5.41, 5.74) is 0. The number of hydrogen-bond donors (Lipinski definition) is 0. The second-order valence-corrected chi connectivity index (χ2v) is 66.4. The van der Waals surface area contributed by atoms with Crippen LogP contribution in [-0.4, -0.2) is 3.71 Å². The van der Waals surface area contributed by atoms with Crippen molar-refractivity contribution in [3.05, 3.63) is 0 Å². The molecule has 0 radical (unpaired) electrons. The SMILES string of the molecule is P[C]12[CH]3[CH]4[CH]5[CH]1[Os]45321678[CH]2[CH]1[CH]6[CH]7[CH]28. The summed E-state index contributed by atoms with van der Waals surface area (Å²) in [6.07, 6.45) is 0. The van der Waals surface area contributed by atoms with E-state index in [0.29, 0.717) is 0 Å². The number of hydrogen-bond acceptors (Lipinski definition) is 0. The van der Waals surface area contributed by atoms with Gasteiger partial charge in [0.1, 0.15) is 0 Å². The van der Waals surface area contributed by atoms with Crippen LogP contribution in [0.3, 0.4) is 0 Å². The van der Waals surface area contributed by atoms with E-state index >= 15 is 0 Å². The molecule has 12 heavy (non-hydrogen) atoms. The molecule has 10 aliphatic heterocycles. The zero-order valence-electron chi connectivity index (χ0n) is 6.63. The molecule has 10 fully saturated rings. The second-order valence-electron chi connectivity index (χ2n) is 9.74. The van der Waals surface area contributed by atoms with Crippen molar-refractivity contribution in [1.29, 1.82) is 0 Å². The van der Waals surface area contributed by atoms with Gasteiger partial charge in [0.25, 0.3) is 0 Å². The molecule has 0 nitrogen and oxygen atoms in total. The van der Waals surface area contributed by atoms with Gasteiger partial charge in [0.2, 0.25) is 0 Å². The molecule has 5 unspecified atom stereocenters. The van der Waals surface area contributed by atoms with E-state index in [2.05, 4.69) is 9.24 Å². The summed E-state index contributed by atoms with van der Waals surface area (Å²) in [7, 11) is 0.613. The molecule has 0 saturated carbocycles. The fourth-order valence-corrected chi connectivity index (χ4v) is 257. The van der Waals surface area contributed by atoms with Crippen molar-refractivity contribution >= 4 is 9.24 Å². The molecule has 2 heteroatoms. The van der Waals surface area contributed by atoms with E-state index in [9.17, 15) is 0 Å². The first-order valence-corrected chi connectivity index (χ1v) is 20.6. The van der Waals surface area contributed by atoms with Crippen LogP contribution >= 0.6 is 9.24 Å². The predicted molar refractivity (Wildman–Crippen MR) is 46.2 cm³/mol. The molecule has 1 spiro atoms. The van der Waals surface area contributed by atoms with E-state index in [-0.39, 0.29) is 0 Å². The van der Waals surface area contributed by atoms with E-state index in [4.69, 9.17) is 0 Å². The van der Waals surface area contributed by atoms with Crippen LogP contribution in [0.1, 0.15) is 0 Å². The van der Waals surface area contributed by atoms with Crippen molar-refractivity contribution in [2.24, 2.45) is 0 Å². The van der Waals surface area contributed by atoms with Gasteiger partial charge in [0.15, 0.2) is 0 Å². The molecule has 10 aliphatic rings. The van der Waals surface area contributed by atoms with Crippen LogP contribution in [0.2, 0.25) is 40.2 Å². The van der Waals surface area contributed by atoms with Crippen LogP contribution in [0.25, 0.3) is 0 Å². The van der Waals surface area contributed by atoms with Gasteiger partial charge in [0.05, 0.1) is 0 Å². The number of rotatable bonds is 0. The Labute approximate surface area is 61.1 Å². The minimum absolute atomic E-state index is 1.14. The molecule has 0 N–H and O–H groups in total. The standard InChI is InChI=1S/C5H6P.C5H5.Os/c6-5-3-1-2-4-5;1-2-4-5-3-1;/h1-4H,6H2;1-5H;. The van der Waals surface area contributed by atoms with Gasteiger partial charge in [-0.25, -0.2) is 0 Å². The van der Waals surface area contributed by atoms with Gasteiger partial charge in [-0.05, 0) is 0 Å². The molecule has 0 aromatic heterocycles. The van der Waals surface area contributed by atoms with Crippen molar-refractivity contribution in [2.75, 3.05) is 0 Å². The molecule has 10 saturated heterocycles. The summed E-state index contributed by atoms with van der Waals surface area (Å²) in [6.45, 7) is 0. The maximum absolute atomic E-state index is 3.50. The molecular formula is C10H11OsP. The molecule has 10 rings (SSSR count). The van der Waals surface area contributed by atoms with E-state index in [1.165, 1.54) is 8.94 Å². The summed E-state index contributed by atoms with van der Waals surface area (Å²) >= 11 is 0. The Hall–Kier alpha value is 1.07. The average molecular weight is 352 g/mol. The third kappa shape index (κ3) is 0.0245. The average Bonchev–Trinajstić information content (AvgIpc) is 2.97. The molecule has 0 aliphatic carbocycles. The third-order valence-corrected chi connectivity index (χ3v) is 123. The first-order chi connectivity index (χ1) is 5.55. The second kappa shape index (κ2) is 0.236. The molecule has 0 amide bonds. The van der Waals surface area contributed by atoms with E-state index in [1.807, 2.05) is 0 Å². The molecule has 10 heterocycles. The first-order valence-electron chi connectivity index (χ1n) is 5.55. The van der Waals surface area contributed by atoms with Crippen molar-refractivity contribution in [1.82, 2.24) is 0 Å². The summed E-state index contributed by atoms with van der Waals surface area (Å²) in [5, 5.41) is 0. The van der Waals surface area contributed by atoms with E-state index < -0.39 is 7.88 Å². The summed E-state index contributed by atoms with van der Waals surface area (Å²) in [6, 6.07) is 0. The van der Waals surface area contributed by atoms with Crippen molar-refractivity contribution < 1.29 is 7.88 Å². The fraction of sp³-hybridized carbons (Fsp3) is 1.00. The van der Waals surface area contributed by atoms with Gasteiger partial charge in [0, 0.05) is 0 Å². The molecule has 5 atom stereocenters. The van der Waals surface area contributed by atoms with Crippen molar-refractivity contribution in [2.45, 2.75) is 44.0 Å². The molecule has 0 bridgehead atoms. The Morgan fingerprint density at radius 2 is 1.17 bits per heavy atom. The van der Waals surface area contributed by atoms with Gasteiger partial charge in [-0.2, -0.15) is 0 Å². The molecule has 0 aromatic rings. The third-order valence-electron chi connectivity index (χ3n) is 14.8. The van der Waals surface area contributed by atoms with Gasteiger partial charge in [-0.1, -0.05) is 0 Å². The quantitative estimate of drug-likeness (QED) is 0.588. The molecule has 64 valence electrons. The molecular weight excluding hydrogens is 341 g/mol. The molecule has 0 aromatic carbocycles. The first kappa shape index (κ1) is 3.91. The zero-order chi connectivity index (χ0) is 7.01. The van der Waals surface area contributed by atoms with Crippen LogP contribution in [0, 0.1) is 0 Å². The maximum atomic E-state index is 3.50. The van der Waals surface area contributed by atoms with Gasteiger partial charge >= 0.3 is 61.1 Å². The van der Waals surface area contributed by atoms with Gasteiger partial charge in [-0.15, -0.1) is 0 Å². The predicted octanol–water partition coefficient (Wildman–Crippen LogP) is 3.16.